The van der Waals surface area contributed by atoms with Gasteiger partial charge in [-0.2, -0.15) is 0 Å². The maximum Gasteiger partial charge on any atom is 0.267 e. The molecule has 0 saturated heterocycles. The number of methoxy groups -OCH3 is 1. The van der Waals surface area contributed by atoms with Crippen LogP contribution in [0, 0.1) is 6.92 Å². The van der Waals surface area contributed by atoms with Crippen LogP contribution in [0.1, 0.15) is 22.2 Å². The van der Waals surface area contributed by atoms with Gasteiger partial charge < -0.3 is 20.5 Å². The minimum Gasteiger partial charge on any atom is -0.497 e. The van der Waals surface area contributed by atoms with Crippen LogP contribution in [0.4, 0.5) is 11.4 Å². The number of carbonyl (C=O) groups excluding carboxylic acids is 1. The third-order valence-electron chi connectivity index (χ3n) is 6.08. The fourth-order valence-corrected chi connectivity index (χ4v) is 5.16. The van der Waals surface area contributed by atoms with E-state index < -0.39 is 0 Å². The van der Waals surface area contributed by atoms with Gasteiger partial charge in [-0.3, -0.25) is 4.79 Å². The number of fused-ring (bicyclic) bond motifs is 1. The van der Waals surface area contributed by atoms with Crippen LogP contribution in [0.2, 0.25) is 0 Å². The molecular formula is C30H27N3O3S. The molecule has 2 heterocycles. The number of pyridine rings is 1. The Morgan fingerprint density at radius 3 is 2.24 bits per heavy atom. The highest BCUT2D eigenvalue weighted by molar-refractivity contribution is 7.21. The number of hydrogen-bond donors (Lipinski definition) is 2. The Labute approximate surface area is 219 Å². The molecule has 2 aromatic heterocycles. The smallest absolute Gasteiger partial charge is 0.267 e. The molecule has 5 rings (SSSR count). The molecule has 186 valence electrons. The van der Waals surface area contributed by atoms with Crippen LogP contribution in [-0.4, -0.2) is 24.6 Å². The van der Waals surface area contributed by atoms with Gasteiger partial charge in [0.25, 0.3) is 5.91 Å². The zero-order valence-electron chi connectivity index (χ0n) is 20.9. The van der Waals surface area contributed by atoms with E-state index in [0.29, 0.717) is 27.7 Å². The fourth-order valence-electron chi connectivity index (χ4n) is 4.15. The zero-order chi connectivity index (χ0) is 25.9. The first kappa shape index (κ1) is 24.3. The van der Waals surface area contributed by atoms with Crippen LogP contribution in [0.25, 0.3) is 32.6 Å². The molecule has 1 amide bonds. The Morgan fingerprint density at radius 1 is 0.946 bits per heavy atom. The number of anilines is 2. The summed E-state index contributed by atoms with van der Waals surface area (Å²) in [6, 6.07) is 25.3. The highest BCUT2D eigenvalue weighted by Gasteiger charge is 2.22. The summed E-state index contributed by atoms with van der Waals surface area (Å²) < 4.78 is 10.8. The van der Waals surface area contributed by atoms with E-state index in [1.165, 1.54) is 16.9 Å². The lowest BCUT2D eigenvalue weighted by molar-refractivity contribution is 0.103. The van der Waals surface area contributed by atoms with E-state index >= 15 is 0 Å². The van der Waals surface area contributed by atoms with Crippen molar-refractivity contribution < 1.29 is 14.3 Å². The van der Waals surface area contributed by atoms with Crippen LogP contribution < -0.4 is 20.5 Å². The fraction of sp³-hybridized carbons (Fsp3) is 0.133. The molecule has 37 heavy (non-hydrogen) atoms. The van der Waals surface area contributed by atoms with Gasteiger partial charge in [0.1, 0.15) is 21.2 Å². The predicted molar refractivity (Wildman–Crippen MR) is 152 cm³/mol. The number of nitrogens with one attached hydrogen (secondary N) is 1. The molecule has 0 aliphatic heterocycles. The van der Waals surface area contributed by atoms with Gasteiger partial charge in [0, 0.05) is 16.6 Å². The third-order valence-corrected chi connectivity index (χ3v) is 7.17. The summed E-state index contributed by atoms with van der Waals surface area (Å²) in [5.41, 5.74) is 12.6. The van der Waals surface area contributed by atoms with Crippen LogP contribution in [-0.2, 0) is 0 Å². The lowest BCUT2D eigenvalue weighted by Crippen LogP contribution is -2.11. The van der Waals surface area contributed by atoms with E-state index in [1.54, 1.807) is 7.11 Å². The highest BCUT2D eigenvalue weighted by atomic mass is 32.1. The summed E-state index contributed by atoms with van der Waals surface area (Å²) in [6.45, 7) is 4.56. The van der Waals surface area contributed by atoms with Gasteiger partial charge in [0.15, 0.2) is 0 Å². The van der Waals surface area contributed by atoms with Crippen molar-refractivity contribution in [3.05, 3.63) is 89.3 Å². The summed E-state index contributed by atoms with van der Waals surface area (Å²) in [4.78, 5) is 19.3. The molecule has 0 saturated carbocycles. The Kier molecular flexibility index (Phi) is 6.79. The Bertz CT molecular complexity index is 1560. The van der Waals surface area contributed by atoms with Gasteiger partial charge in [-0.05, 0) is 67.4 Å². The highest BCUT2D eigenvalue weighted by Crippen LogP contribution is 2.42. The van der Waals surface area contributed by atoms with E-state index in [4.69, 9.17) is 20.2 Å². The number of aryl methyl sites for hydroxylation is 1. The number of carbonyl (C=O) groups is 1. The van der Waals surface area contributed by atoms with Gasteiger partial charge in [-0.1, -0.05) is 42.0 Å². The topological polar surface area (TPSA) is 86.5 Å². The van der Waals surface area contributed by atoms with Gasteiger partial charge >= 0.3 is 0 Å². The van der Waals surface area contributed by atoms with Crippen LogP contribution >= 0.6 is 11.3 Å². The lowest BCUT2D eigenvalue weighted by atomic mass is 9.99. The third kappa shape index (κ3) is 4.99. The number of thiophene rings is 1. The van der Waals surface area contributed by atoms with Crippen molar-refractivity contribution in [2.45, 2.75) is 13.8 Å². The number of benzene rings is 3. The molecule has 0 fully saturated rings. The number of ether oxygens (including phenoxy) is 2. The molecule has 0 spiro atoms. The predicted octanol–water partition coefficient (Wildman–Crippen LogP) is 7.18. The van der Waals surface area contributed by atoms with E-state index in [9.17, 15) is 4.79 Å². The molecular weight excluding hydrogens is 482 g/mol. The molecule has 0 atom stereocenters. The summed E-state index contributed by atoms with van der Waals surface area (Å²) in [6.07, 6.45) is 0. The maximum absolute atomic E-state index is 13.3. The zero-order valence-corrected chi connectivity index (χ0v) is 21.7. The first-order valence-corrected chi connectivity index (χ1v) is 12.8. The number of amides is 1. The number of hydrogen-bond acceptors (Lipinski definition) is 6. The van der Waals surface area contributed by atoms with E-state index in [2.05, 4.69) is 36.5 Å². The minimum atomic E-state index is -0.276. The molecule has 7 heteroatoms. The molecule has 0 radical (unpaired) electrons. The number of rotatable bonds is 7. The van der Waals surface area contributed by atoms with Crippen molar-refractivity contribution >= 4 is 38.8 Å². The van der Waals surface area contributed by atoms with E-state index in [0.717, 1.165) is 39.3 Å². The van der Waals surface area contributed by atoms with Gasteiger partial charge in [-0.15, -0.1) is 11.3 Å². The van der Waals surface area contributed by atoms with E-state index in [1.807, 2.05) is 61.5 Å². The number of aromatic nitrogens is 1. The van der Waals surface area contributed by atoms with Gasteiger partial charge in [-0.25, -0.2) is 4.98 Å². The van der Waals surface area contributed by atoms with Crippen molar-refractivity contribution in [1.29, 1.82) is 0 Å². The van der Waals surface area contributed by atoms with Crippen molar-refractivity contribution in [1.82, 2.24) is 4.98 Å². The van der Waals surface area contributed by atoms with Gasteiger partial charge in [0.2, 0.25) is 0 Å². The average molecular weight is 510 g/mol. The van der Waals surface area contributed by atoms with Crippen LogP contribution in [0.15, 0.2) is 78.9 Å². The molecule has 0 aliphatic rings. The normalized spacial score (nSPS) is 10.9. The molecule has 0 aliphatic carbocycles. The summed E-state index contributed by atoms with van der Waals surface area (Å²) in [7, 11) is 1.64. The lowest BCUT2D eigenvalue weighted by Gasteiger charge is -2.10. The largest absolute Gasteiger partial charge is 0.497 e. The number of nitrogen functional groups attached to an aromatic ring is 1. The second-order valence-corrected chi connectivity index (χ2v) is 9.59. The molecule has 3 N–H and O–H groups in total. The van der Waals surface area contributed by atoms with Crippen LogP contribution in [0.3, 0.4) is 0 Å². The molecule has 3 aromatic carbocycles. The average Bonchev–Trinajstić information content (AvgIpc) is 3.26. The monoisotopic (exact) mass is 509 g/mol. The first-order chi connectivity index (χ1) is 18.0. The van der Waals surface area contributed by atoms with Crippen LogP contribution in [0.5, 0.6) is 11.5 Å². The quantitative estimate of drug-likeness (QED) is 0.243. The van der Waals surface area contributed by atoms with Crippen molar-refractivity contribution in [3.8, 4) is 33.9 Å². The molecule has 6 nitrogen and oxygen atoms in total. The molecule has 0 unspecified atom stereocenters. The SMILES string of the molecule is CCOc1ccc(NC(=O)c2sc3nc(-c4ccc(C)cc4)cc(-c4ccc(OC)cc4)c3c2N)cc1. The second kappa shape index (κ2) is 10.3. The van der Waals surface area contributed by atoms with Crippen molar-refractivity contribution in [2.75, 3.05) is 24.8 Å². The van der Waals surface area contributed by atoms with Crippen molar-refractivity contribution in [3.63, 3.8) is 0 Å². The summed E-state index contributed by atoms with van der Waals surface area (Å²) in [5.74, 6) is 1.24. The standard InChI is InChI=1S/C30H27N3O3S/c1-4-36-23-15-11-21(12-16-23)32-29(34)28-27(31)26-24(19-9-13-22(35-3)14-10-19)17-25(33-30(26)37-28)20-7-5-18(2)6-8-20/h5-17H,4,31H2,1-3H3,(H,32,34). The summed E-state index contributed by atoms with van der Waals surface area (Å²) in [5, 5.41) is 3.71. The first-order valence-electron chi connectivity index (χ1n) is 12.0. The Hall–Kier alpha value is -4.36. The number of nitrogens with two attached hydrogens (primary N) is 1. The number of nitrogens with zero attached hydrogens (tertiary/aromatic N) is 1. The van der Waals surface area contributed by atoms with E-state index in [-0.39, 0.29) is 5.91 Å². The molecule has 5 aromatic rings. The molecule has 0 bridgehead atoms. The second-order valence-electron chi connectivity index (χ2n) is 8.59. The minimum absolute atomic E-state index is 0.276. The Balaban J connectivity index is 1.59. The Morgan fingerprint density at radius 2 is 1.59 bits per heavy atom. The maximum atomic E-state index is 13.3. The van der Waals surface area contributed by atoms with Crippen molar-refractivity contribution in [2.24, 2.45) is 0 Å². The van der Waals surface area contributed by atoms with Gasteiger partial charge in [0.05, 0.1) is 25.1 Å². The summed E-state index contributed by atoms with van der Waals surface area (Å²) >= 11 is 1.29.